The van der Waals surface area contributed by atoms with Crippen LogP contribution in [0.2, 0.25) is 0 Å². The first-order valence-electron chi connectivity index (χ1n) is 6.80. The first-order valence-corrected chi connectivity index (χ1v) is 8.39. The molecule has 3 aromatic rings. The number of hydrogen-bond acceptors (Lipinski definition) is 3. The van der Waals surface area contributed by atoms with Gasteiger partial charge in [0.25, 0.3) is 5.52 Å². The first kappa shape index (κ1) is 16.7. The highest BCUT2D eigenvalue weighted by atomic mass is 79.9. The Kier molecular flexibility index (Phi) is 4.22. The SMILES string of the molecule is C[N+](C)=C(O)Oc1cccc2c1[n+](=O)c1cc(Br)c(Br)cc1n2O. The van der Waals surface area contributed by atoms with Gasteiger partial charge in [0.2, 0.25) is 5.75 Å². The lowest BCUT2D eigenvalue weighted by atomic mass is 10.2. The van der Waals surface area contributed by atoms with Gasteiger partial charge in [-0.25, -0.2) is 0 Å². The molecule has 0 fully saturated rings. The van der Waals surface area contributed by atoms with Crippen LogP contribution in [0.25, 0.3) is 22.1 Å². The minimum absolute atomic E-state index is 0.0927. The van der Waals surface area contributed by atoms with Crippen molar-refractivity contribution in [1.29, 1.82) is 0 Å². The molecule has 3 rings (SSSR count). The van der Waals surface area contributed by atoms with Crippen molar-refractivity contribution in [3.63, 3.8) is 0 Å². The summed E-state index contributed by atoms with van der Waals surface area (Å²) in [6, 6.07) is 7.96. The lowest BCUT2D eigenvalue weighted by Gasteiger charge is -2.06. The molecular formula is C15H13Br2N3O4+2. The Morgan fingerprint density at radius 3 is 2.54 bits per heavy atom. The summed E-state index contributed by atoms with van der Waals surface area (Å²) in [6.07, 6.45) is -0.371. The van der Waals surface area contributed by atoms with Crippen LogP contribution in [0, 0.1) is 4.91 Å². The van der Waals surface area contributed by atoms with Gasteiger partial charge in [0, 0.05) is 19.9 Å². The average Bonchev–Trinajstić information content (AvgIpc) is 2.54. The van der Waals surface area contributed by atoms with Crippen molar-refractivity contribution in [2.24, 2.45) is 0 Å². The van der Waals surface area contributed by atoms with E-state index in [4.69, 9.17) is 4.74 Å². The topological polar surface area (TPSA) is 80.6 Å². The molecule has 0 atom stereocenters. The Balaban J connectivity index is 2.45. The summed E-state index contributed by atoms with van der Waals surface area (Å²) in [5.41, 5.74) is 0.900. The van der Waals surface area contributed by atoms with Crippen LogP contribution < -0.4 is 9.16 Å². The van der Waals surface area contributed by atoms with Crippen LogP contribution in [0.3, 0.4) is 0 Å². The number of benzene rings is 2. The van der Waals surface area contributed by atoms with Gasteiger partial charge in [0.15, 0.2) is 11.0 Å². The number of aliphatic hydroxyl groups is 1. The predicted octanol–water partition coefficient (Wildman–Crippen LogP) is 3.04. The van der Waals surface area contributed by atoms with Crippen LogP contribution in [0.1, 0.15) is 0 Å². The number of rotatable bonds is 1. The molecule has 0 saturated carbocycles. The second kappa shape index (κ2) is 6.06. The molecule has 0 amide bonds. The molecule has 9 heteroatoms. The van der Waals surface area contributed by atoms with Gasteiger partial charge in [-0.1, -0.05) is 6.07 Å². The van der Waals surface area contributed by atoms with Crippen LogP contribution in [0.5, 0.6) is 5.75 Å². The maximum Gasteiger partial charge on any atom is 0.552 e. The summed E-state index contributed by atoms with van der Waals surface area (Å²) in [6.45, 7) is 0. The van der Waals surface area contributed by atoms with Crippen LogP contribution in [0.4, 0.5) is 0 Å². The lowest BCUT2D eigenvalue weighted by Crippen LogP contribution is -2.24. The van der Waals surface area contributed by atoms with E-state index in [1.54, 1.807) is 38.4 Å². The number of halogens is 2. The largest absolute Gasteiger partial charge is 0.552 e. The fourth-order valence-corrected chi connectivity index (χ4v) is 2.93. The van der Waals surface area contributed by atoms with Gasteiger partial charge in [-0.2, -0.15) is 9.31 Å². The first-order chi connectivity index (χ1) is 11.3. The molecule has 1 heterocycles. The Morgan fingerprint density at radius 2 is 1.88 bits per heavy atom. The Labute approximate surface area is 152 Å². The molecule has 0 aliphatic rings. The lowest BCUT2D eigenvalue weighted by molar-refractivity contribution is -0.482. The van der Waals surface area contributed by atoms with E-state index >= 15 is 0 Å². The zero-order chi connectivity index (χ0) is 17.6. The van der Waals surface area contributed by atoms with Gasteiger partial charge in [0.05, 0.1) is 4.43 Å². The number of aromatic nitrogens is 2. The Hall–Kier alpha value is -2.13. The molecule has 2 aromatic carbocycles. The standard InChI is InChI=1S/C15H12Br2N3O4/c1-18(2)15(21)24-13-5-3-4-10-14(13)20(23)12-7-9(17)8(16)6-11(12)19(10)22/h3-7,22H,1-2H3/q+1/p+1. The third-order valence-electron chi connectivity index (χ3n) is 3.46. The van der Waals surface area contributed by atoms with Crippen molar-refractivity contribution in [1.82, 2.24) is 4.73 Å². The van der Waals surface area contributed by atoms with Gasteiger partial charge in [-0.15, -0.1) is 0 Å². The average molecular weight is 459 g/mol. The van der Waals surface area contributed by atoms with Gasteiger partial charge in [0.1, 0.15) is 14.1 Å². The van der Waals surface area contributed by atoms with Crippen molar-refractivity contribution in [2.45, 2.75) is 0 Å². The van der Waals surface area contributed by atoms with Gasteiger partial charge < -0.3 is 15.1 Å². The van der Waals surface area contributed by atoms with Gasteiger partial charge in [-0.3, -0.25) is 0 Å². The van der Waals surface area contributed by atoms with E-state index in [2.05, 4.69) is 31.9 Å². The molecule has 24 heavy (non-hydrogen) atoms. The van der Waals surface area contributed by atoms with E-state index in [0.29, 0.717) is 18.9 Å². The van der Waals surface area contributed by atoms with Crippen LogP contribution in [-0.2, 0) is 0 Å². The summed E-state index contributed by atoms with van der Waals surface area (Å²) >= 11 is 6.70. The predicted molar refractivity (Wildman–Crippen MR) is 95.8 cm³/mol. The zero-order valence-electron chi connectivity index (χ0n) is 12.7. The zero-order valence-corrected chi connectivity index (χ0v) is 15.9. The summed E-state index contributed by atoms with van der Waals surface area (Å²) in [5.74, 6) is 0.123. The molecule has 0 aliphatic heterocycles. The molecule has 0 spiro atoms. The minimum atomic E-state index is -0.371. The van der Waals surface area contributed by atoms with Crippen molar-refractivity contribution in [2.75, 3.05) is 14.1 Å². The van der Waals surface area contributed by atoms with Gasteiger partial charge >= 0.3 is 11.6 Å². The number of para-hydroxylation sites is 1. The number of fused-ring (bicyclic) bond motifs is 2. The second-order valence-corrected chi connectivity index (χ2v) is 6.97. The number of hydrogen-bond donors (Lipinski definition) is 2. The Bertz CT molecular complexity index is 1070. The number of ether oxygens (including phenoxy) is 1. The Morgan fingerprint density at radius 1 is 1.21 bits per heavy atom. The molecule has 0 bridgehead atoms. The van der Waals surface area contributed by atoms with Crippen LogP contribution in [0.15, 0.2) is 39.3 Å². The molecule has 2 N–H and O–H groups in total. The van der Waals surface area contributed by atoms with E-state index in [1.165, 1.54) is 10.6 Å². The van der Waals surface area contributed by atoms with E-state index < -0.39 is 0 Å². The minimum Gasteiger partial charge on any atom is -0.430 e. The van der Waals surface area contributed by atoms with E-state index in [9.17, 15) is 15.2 Å². The van der Waals surface area contributed by atoms with Gasteiger partial charge in [-0.05, 0) is 50.1 Å². The van der Waals surface area contributed by atoms with E-state index in [1.807, 2.05) is 0 Å². The molecule has 124 valence electrons. The van der Waals surface area contributed by atoms with Crippen molar-refractivity contribution in [3.05, 3.63) is 44.2 Å². The van der Waals surface area contributed by atoms with Crippen LogP contribution >= 0.6 is 31.9 Å². The van der Waals surface area contributed by atoms with E-state index in [-0.39, 0.29) is 28.4 Å². The summed E-state index contributed by atoms with van der Waals surface area (Å²) < 4.78 is 9.65. The monoisotopic (exact) mass is 457 g/mol. The fourth-order valence-electron chi connectivity index (χ4n) is 2.27. The van der Waals surface area contributed by atoms with Crippen LogP contribution in [-0.4, -0.2) is 39.8 Å². The van der Waals surface area contributed by atoms with Crippen molar-refractivity contribution < 1.29 is 24.1 Å². The smallest absolute Gasteiger partial charge is 0.430 e. The van der Waals surface area contributed by atoms with Crippen molar-refractivity contribution in [3.8, 4) is 5.75 Å². The highest BCUT2D eigenvalue weighted by Gasteiger charge is 2.25. The normalized spacial score (nSPS) is 11.0. The molecular weight excluding hydrogens is 446 g/mol. The molecule has 0 radical (unpaired) electrons. The fraction of sp³-hybridized carbons (Fsp3) is 0.133. The van der Waals surface area contributed by atoms with E-state index in [0.717, 1.165) is 4.73 Å². The molecule has 7 nitrogen and oxygen atoms in total. The highest BCUT2D eigenvalue weighted by Crippen LogP contribution is 2.30. The third kappa shape index (κ3) is 2.63. The quantitative estimate of drug-likeness (QED) is 0.193. The number of aliphatic hydroxyl groups excluding tert-OH is 1. The summed E-state index contributed by atoms with van der Waals surface area (Å²) in [5, 5.41) is 20.3. The molecule has 0 aliphatic carbocycles. The maximum atomic E-state index is 12.8. The maximum absolute atomic E-state index is 12.8. The van der Waals surface area contributed by atoms with Crippen molar-refractivity contribution >= 4 is 60.0 Å². The number of nitrogens with zero attached hydrogens (tertiary/aromatic N) is 3. The molecule has 0 unspecified atom stereocenters. The summed E-state index contributed by atoms with van der Waals surface area (Å²) in [4.78, 5) is 12.8. The summed E-state index contributed by atoms with van der Waals surface area (Å²) in [7, 11) is 3.20. The molecule has 0 saturated heterocycles. The second-order valence-electron chi connectivity index (χ2n) is 5.26. The third-order valence-corrected chi connectivity index (χ3v) is 5.30. The highest BCUT2D eigenvalue weighted by molar-refractivity contribution is 9.13. The molecule has 1 aromatic heterocycles.